The van der Waals surface area contributed by atoms with Crippen LogP contribution in [-0.4, -0.2) is 18.2 Å². The van der Waals surface area contributed by atoms with Crippen LogP contribution < -0.4 is 4.90 Å². The summed E-state index contributed by atoms with van der Waals surface area (Å²) in [7, 11) is 0. The molecular formula is C18H19Cl2NOS. The van der Waals surface area contributed by atoms with E-state index < -0.39 is 0 Å². The van der Waals surface area contributed by atoms with Crippen LogP contribution in [0.5, 0.6) is 0 Å². The normalized spacial score (nSPS) is 10.6. The van der Waals surface area contributed by atoms with Crippen LogP contribution in [0.15, 0.2) is 42.5 Å². The summed E-state index contributed by atoms with van der Waals surface area (Å²) in [5.41, 5.74) is 3.16. The molecule has 0 fully saturated rings. The van der Waals surface area contributed by atoms with Crippen LogP contribution in [0.25, 0.3) is 0 Å². The Balaban J connectivity index is 1.95. The van der Waals surface area contributed by atoms with E-state index in [1.54, 1.807) is 17.8 Å². The van der Waals surface area contributed by atoms with Crippen LogP contribution in [0.3, 0.4) is 0 Å². The summed E-state index contributed by atoms with van der Waals surface area (Å²) in [5, 5.41) is 1.10. The molecule has 0 saturated heterocycles. The molecule has 0 aliphatic heterocycles. The lowest BCUT2D eigenvalue weighted by molar-refractivity contribution is -0.116. The van der Waals surface area contributed by atoms with Crippen molar-refractivity contribution in [3.05, 3.63) is 63.6 Å². The van der Waals surface area contributed by atoms with E-state index in [-0.39, 0.29) is 5.91 Å². The van der Waals surface area contributed by atoms with Crippen molar-refractivity contribution in [3.8, 4) is 0 Å². The Labute approximate surface area is 151 Å². The standard InChI is InChI=1S/C18H19Cl2NOS/c1-3-21(17-7-5-4-6-13(17)2)18(22)12-23-11-14-8-9-15(19)16(20)10-14/h4-10H,3,11-12H2,1-2H3. The fraction of sp³-hybridized carbons (Fsp3) is 0.278. The number of para-hydroxylation sites is 1. The molecule has 0 aromatic heterocycles. The molecule has 0 heterocycles. The molecule has 122 valence electrons. The Morgan fingerprint density at radius 1 is 1.13 bits per heavy atom. The second kappa shape index (κ2) is 8.62. The Morgan fingerprint density at radius 3 is 2.52 bits per heavy atom. The number of rotatable bonds is 6. The van der Waals surface area contributed by atoms with Gasteiger partial charge in [0.2, 0.25) is 5.91 Å². The van der Waals surface area contributed by atoms with E-state index in [4.69, 9.17) is 23.2 Å². The maximum Gasteiger partial charge on any atom is 0.236 e. The van der Waals surface area contributed by atoms with Gasteiger partial charge in [0.1, 0.15) is 0 Å². The lowest BCUT2D eigenvalue weighted by Gasteiger charge is -2.22. The lowest BCUT2D eigenvalue weighted by atomic mass is 10.2. The number of carbonyl (C=O) groups is 1. The molecule has 2 nitrogen and oxygen atoms in total. The topological polar surface area (TPSA) is 20.3 Å². The van der Waals surface area contributed by atoms with Crippen LogP contribution in [0, 0.1) is 6.92 Å². The molecule has 2 rings (SSSR count). The molecule has 0 aliphatic carbocycles. The van der Waals surface area contributed by atoms with Gasteiger partial charge in [-0.05, 0) is 43.2 Å². The first kappa shape index (κ1) is 18.2. The van der Waals surface area contributed by atoms with Crippen LogP contribution in [-0.2, 0) is 10.5 Å². The van der Waals surface area contributed by atoms with E-state index in [0.717, 1.165) is 22.6 Å². The summed E-state index contributed by atoms with van der Waals surface area (Å²) < 4.78 is 0. The van der Waals surface area contributed by atoms with Crippen LogP contribution in [0.2, 0.25) is 10.0 Å². The number of anilines is 1. The number of nitrogens with zero attached hydrogens (tertiary/aromatic N) is 1. The van der Waals surface area contributed by atoms with Crippen LogP contribution in [0.1, 0.15) is 18.1 Å². The van der Waals surface area contributed by atoms with E-state index in [0.29, 0.717) is 22.3 Å². The zero-order valence-electron chi connectivity index (χ0n) is 13.2. The van der Waals surface area contributed by atoms with Gasteiger partial charge in [0, 0.05) is 18.0 Å². The second-order valence-corrected chi connectivity index (χ2v) is 6.97. The van der Waals surface area contributed by atoms with Gasteiger partial charge >= 0.3 is 0 Å². The van der Waals surface area contributed by atoms with Crippen molar-refractivity contribution in [1.82, 2.24) is 0 Å². The van der Waals surface area contributed by atoms with Crippen molar-refractivity contribution in [2.24, 2.45) is 0 Å². The summed E-state index contributed by atoms with van der Waals surface area (Å²) >= 11 is 13.5. The maximum absolute atomic E-state index is 12.5. The average Bonchev–Trinajstić information content (AvgIpc) is 2.53. The third kappa shape index (κ3) is 4.90. The molecule has 0 aliphatic rings. The minimum atomic E-state index is 0.117. The lowest BCUT2D eigenvalue weighted by Crippen LogP contribution is -2.32. The third-order valence-electron chi connectivity index (χ3n) is 3.50. The summed E-state index contributed by atoms with van der Waals surface area (Å²) in [6.45, 7) is 4.68. The Hall–Kier alpha value is -1.16. The molecule has 0 saturated carbocycles. The molecule has 2 aromatic carbocycles. The summed E-state index contributed by atoms with van der Waals surface area (Å²) in [5.74, 6) is 1.28. The smallest absolute Gasteiger partial charge is 0.236 e. The van der Waals surface area contributed by atoms with Gasteiger partial charge in [-0.1, -0.05) is 47.5 Å². The van der Waals surface area contributed by atoms with Gasteiger partial charge in [-0.2, -0.15) is 0 Å². The van der Waals surface area contributed by atoms with E-state index in [2.05, 4.69) is 0 Å². The average molecular weight is 368 g/mol. The van der Waals surface area contributed by atoms with Gasteiger partial charge in [0.25, 0.3) is 0 Å². The first-order valence-corrected chi connectivity index (χ1v) is 9.31. The van der Waals surface area contributed by atoms with Gasteiger partial charge in [-0.25, -0.2) is 0 Å². The SMILES string of the molecule is CCN(C(=O)CSCc1ccc(Cl)c(Cl)c1)c1ccccc1C. The molecule has 23 heavy (non-hydrogen) atoms. The van der Waals surface area contributed by atoms with Crippen molar-refractivity contribution in [3.63, 3.8) is 0 Å². The maximum atomic E-state index is 12.5. The monoisotopic (exact) mass is 367 g/mol. The molecular weight excluding hydrogens is 349 g/mol. The van der Waals surface area contributed by atoms with Crippen LogP contribution in [0.4, 0.5) is 5.69 Å². The molecule has 5 heteroatoms. The van der Waals surface area contributed by atoms with Crippen molar-refractivity contribution in [1.29, 1.82) is 0 Å². The van der Waals surface area contributed by atoms with E-state index in [1.165, 1.54) is 0 Å². The zero-order valence-corrected chi connectivity index (χ0v) is 15.5. The molecule has 0 spiro atoms. The van der Waals surface area contributed by atoms with Crippen molar-refractivity contribution in [2.75, 3.05) is 17.2 Å². The number of amides is 1. The largest absolute Gasteiger partial charge is 0.312 e. The van der Waals surface area contributed by atoms with Crippen LogP contribution >= 0.6 is 35.0 Å². The highest BCUT2D eigenvalue weighted by molar-refractivity contribution is 7.99. The van der Waals surface area contributed by atoms with E-state index in [1.807, 2.05) is 55.1 Å². The predicted octanol–water partition coefficient (Wildman–Crippen LogP) is 5.59. The predicted molar refractivity (Wildman–Crippen MR) is 102 cm³/mol. The Kier molecular flexibility index (Phi) is 6.82. The van der Waals surface area contributed by atoms with Gasteiger partial charge in [0.05, 0.1) is 15.8 Å². The minimum Gasteiger partial charge on any atom is -0.312 e. The summed E-state index contributed by atoms with van der Waals surface area (Å²) in [6.07, 6.45) is 0. The first-order chi connectivity index (χ1) is 11.0. The number of aryl methyl sites for hydroxylation is 1. The van der Waals surface area contributed by atoms with Crippen molar-refractivity contribution < 1.29 is 4.79 Å². The summed E-state index contributed by atoms with van der Waals surface area (Å²) in [6, 6.07) is 13.5. The molecule has 0 N–H and O–H groups in total. The molecule has 0 atom stereocenters. The first-order valence-electron chi connectivity index (χ1n) is 7.40. The summed E-state index contributed by atoms with van der Waals surface area (Å²) in [4.78, 5) is 14.3. The highest BCUT2D eigenvalue weighted by Gasteiger charge is 2.15. The third-order valence-corrected chi connectivity index (χ3v) is 5.23. The molecule has 2 aromatic rings. The van der Waals surface area contributed by atoms with Crippen molar-refractivity contribution in [2.45, 2.75) is 19.6 Å². The number of benzene rings is 2. The van der Waals surface area contributed by atoms with Crippen molar-refractivity contribution >= 4 is 46.6 Å². The van der Waals surface area contributed by atoms with Gasteiger partial charge in [-0.3, -0.25) is 4.79 Å². The zero-order chi connectivity index (χ0) is 16.8. The fourth-order valence-corrected chi connectivity index (χ4v) is 3.48. The number of halogens is 2. The minimum absolute atomic E-state index is 0.117. The highest BCUT2D eigenvalue weighted by Crippen LogP contribution is 2.25. The molecule has 1 amide bonds. The number of hydrogen-bond acceptors (Lipinski definition) is 2. The van der Waals surface area contributed by atoms with E-state index in [9.17, 15) is 4.79 Å². The van der Waals surface area contributed by atoms with Gasteiger partial charge in [0.15, 0.2) is 0 Å². The molecule has 0 bridgehead atoms. The van der Waals surface area contributed by atoms with Gasteiger partial charge < -0.3 is 4.90 Å². The number of carbonyl (C=O) groups excluding carboxylic acids is 1. The molecule has 0 radical (unpaired) electrons. The number of thioether (sulfide) groups is 1. The quantitative estimate of drug-likeness (QED) is 0.663. The van der Waals surface area contributed by atoms with Gasteiger partial charge in [-0.15, -0.1) is 11.8 Å². The Bertz CT molecular complexity index is 690. The number of hydrogen-bond donors (Lipinski definition) is 0. The van der Waals surface area contributed by atoms with E-state index >= 15 is 0 Å². The fourth-order valence-electron chi connectivity index (χ4n) is 2.31. The molecule has 0 unspecified atom stereocenters. The highest BCUT2D eigenvalue weighted by atomic mass is 35.5. The Morgan fingerprint density at radius 2 is 1.87 bits per heavy atom. The second-order valence-electron chi connectivity index (χ2n) is 5.17.